The molecule has 0 spiro atoms. The third kappa shape index (κ3) is 3.57. The average Bonchev–Trinajstić information content (AvgIpc) is 2.90. The van der Waals surface area contributed by atoms with Gasteiger partial charge in [0.1, 0.15) is 0 Å². The molecule has 3 heteroatoms. The van der Waals surface area contributed by atoms with Gasteiger partial charge in [0.2, 0.25) is 0 Å². The lowest BCUT2D eigenvalue weighted by Gasteiger charge is -2.10. The fourth-order valence-electron chi connectivity index (χ4n) is 2.43. The van der Waals surface area contributed by atoms with E-state index in [0.717, 1.165) is 12.0 Å². The second-order valence-corrected chi connectivity index (χ2v) is 4.98. The minimum absolute atomic E-state index is 0.207. The van der Waals surface area contributed by atoms with E-state index >= 15 is 0 Å². The fraction of sp³-hybridized carbons (Fsp3) is 0.533. The molecule has 2 N–H and O–H groups in total. The summed E-state index contributed by atoms with van der Waals surface area (Å²) in [6.45, 7) is 1.20. The smallest absolute Gasteiger partial charge is 0.338 e. The highest BCUT2D eigenvalue weighted by atomic mass is 16.5. The van der Waals surface area contributed by atoms with Gasteiger partial charge in [-0.3, -0.25) is 0 Å². The fourth-order valence-corrected chi connectivity index (χ4v) is 2.43. The normalized spacial score (nSPS) is 15.8. The van der Waals surface area contributed by atoms with Crippen molar-refractivity contribution >= 4 is 5.97 Å². The monoisotopic (exact) mass is 247 g/mol. The third-order valence-electron chi connectivity index (χ3n) is 3.55. The van der Waals surface area contributed by atoms with Crippen molar-refractivity contribution in [2.24, 2.45) is 11.7 Å². The van der Waals surface area contributed by atoms with Crippen LogP contribution in [0.3, 0.4) is 0 Å². The van der Waals surface area contributed by atoms with Crippen molar-refractivity contribution in [1.29, 1.82) is 0 Å². The van der Waals surface area contributed by atoms with E-state index in [4.69, 9.17) is 10.5 Å². The van der Waals surface area contributed by atoms with Crippen LogP contribution in [0.5, 0.6) is 0 Å². The van der Waals surface area contributed by atoms with E-state index < -0.39 is 0 Å². The minimum atomic E-state index is -0.207. The summed E-state index contributed by atoms with van der Waals surface area (Å²) in [5.74, 6) is 0.367. The highest BCUT2D eigenvalue weighted by Crippen LogP contribution is 2.25. The highest BCUT2D eigenvalue weighted by Gasteiger charge is 2.17. The first-order valence-electron chi connectivity index (χ1n) is 6.75. The van der Waals surface area contributed by atoms with Crippen LogP contribution in [0, 0.1) is 5.92 Å². The third-order valence-corrected chi connectivity index (χ3v) is 3.55. The van der Waals surface area contributed by atoms with E-state index in [1.54, 1.807) is 0 Å². The molecule has 2 rings (SSSR count). The Morgan fingerprint density at radius 1 is 1.22 bits per heavy atom. The van der Waals surface area contributed by atoms with Gasteiger partial charge >= 0.3 is 5.97 Å². The molecule has 1 fully saturated rings. The molecule has 0 saturated heterocycles. The number of esters is 1. The van der Waals surface area contributed by atoms with Crippen molar-refractivity contribution in [3.63, 3.8) is 0 Å². The Bertz CT molecular complexity index is 380. The van der Waals surface area contributed by atoms with Gasteiger partial charge in [-0.05, 0) is 49.4 Å². The van der Waals surface area contributed by atoms with E-state index in [2.05, 4.69) is 0 Å². The van der Waals surface area contributed by atoms with Crippen LogP contribution < -0.4 is 5.73 Å². The number of benzene rings is 1. The number of rotatable bonds is 5. The topological polar surface area (TPSA) is 52.3 Å². The van der Waals surface area contributed by atoms with Gasteiger partial charge in [0.05, 0.1) is 12.2 Å². The van der Waals surface area contributed by atoms with Gasteiger partial charge in [-0.25, -0.2) is 4.79 Å². The van der Waals surface area contributed by atoms with E-state index in [1.807, 2.05) is 24.3 Å². The Hall–Kier alpha value is -1.35. The Morgan fingerprint density at radius 3 is 2.50 bits per heavy atom. The zero-order chi connectivity index (χ0) is 12.8. The van der Waals surface area contributed by atoms with Gasteiger partial charge in [-0.2, -0.15) is 0 Å². The van der Waals surface area contributed by atoms with Gasteiger partial charge in [0.25, 0.3) is 0 Å². The number of ether oxygens (including phenoxy) is 1. The maximum atomic E-state index is 11.8. The van der Waals surface area contributed by atoms with E-state index in [0.29, 0.717) is 24.6 Å². The predicted octanol–water partition coefficient (Wildman–Crippen LogP) is 2.53. The van der Waals surface area contributed by atoms with Gasteiger partial charge < -0.3 is 10.5 Å². The second-order valence-electron chi connectivity index (χ2n) is 4.98. The van der Waals surface area contributed by atoms with E-state index in [-0.39, 0.29) is 5.97 Å². The molecule has 0 aliphatic heterocycles. The first-order valence-corrected chi connectivity index (χ1v) is 6.75. The molecule has 1 aliphatic rings. The standard InChI is InChI=1S/C15H21NO2/c16-10-9-12-5-7-14(8-6-12)15(17)18-11-13-3-1-2-4-13/h5-8,13H,1-4,9-11,16H2. The second kappa shape index (κ2) is 6.55. The summed E-state index contributed by atoms with van der Waals surface area (Å²) in [7, 11) is 0. The Morgan fingerprint density at radius 2 is 1.89 bits per heavy atom. The van der Waals surface area contributed by atoms with E-state index in [9.17, 15) is 4.79 Å². The SMILES string of the molecule is NCCc1ccc(C(=O)OCC2CCCC2)cc1. The van der Waals surface area contributed by atoms with Gasteiger partial charge in [-0.15, -0.1) is 0 Å². The molecule has 98 valence electrons. The summed E-state index contributed by atoms with van der Waals surface area (Å²) in [5, 5.41) is 0. The summed E-state index contributed by atoms with van der Waals surface area (Å²) in [4.78, 5) is 11.8. The summed E-state index contributed by atoms with van der Waals surface area (Å²) >= 11 is 0. The van der Waals surface area contributed by atoms with Crippen molar-refractivity contribution in [2.45, 2.75) is 32.1 Å². The molecule has 0 amide bonds. The lowest BCUT2D eigenvalue weighted by molar-refractivity contribution is 0.0442. The van der Waals surface area contributed by atoms with Crippen LogP contribution in [0.2, 0.25) is 0 Å². The molecular weight excluding hydrogens is 226 g/mol. The van der Waals surface area contributed by atoms with Crippen LogP contribution in [-0.4, -0.2) is 19.1 Å². The molecule has 0 bridgehead atoms. The Labute approximate surface area is 108 Å². The summed E-state index contributed by atoms with van der Waals surface area (Å²) in [6.07, 6.45) is 5.79. The molecule has 18 heavy (non-hydrogen) atoms. The number of hydrogen-bond acceptors (Lipinski definition) is 3. The molecule has 3 nitrogen and oxygen atoms in total. The van der Waals surface area contributed by atoms with Crippen LogP contribution in [0.4, 0.5) is 0 Å². The summed E-state index contributed by atoms with van der Waals surface area (Å²) < 4.78 is 5.35. The Kier molecular flexibility index (Phi) is 4.76. The maximum Gasteiger partial charge on any atom is 0.338 e. The molecular formula is C15H21NO2. The summed E-state index contributed by atoms with van der Waals surface area (Å²) in [5.41, 5.74) is 7.27. The van der Waals surface area contributed by atoms with Crippen molar-refractivity contribution in [2.75, 3.05) is 13.2 Å². The number of nitrogens with two attached hydrogens (primary N) is 1. The number of carbonyl (C=O) groups is 1. The van der Waals surface area contributed by atoms with Gasteiger partial charge in [0.15, 0.2) is 0 Å². The van der Waals surface area contributed by atoms with Crippen molar-refractivity contribution < 1.29 is 9.53 Å². The molecule has 1 aliphatic carbocycles. The maximum absolute atomic E-state index is 11.8. The molecule has 0 radical (unpaired) electrons. The van der Waals surface area contributed by atoms with Crippen LogP contribution in [0.1, 0.15) is 41.6 Å². The highest BCUT2D eigenvalue weighted by molar-refractivity contribution is 5.89. The van der Waals surface area contributed by atoms with Crippen LogP contribution in [0.15, 0.2) is 24.3 Å². The predicted molar refractivity (Wildman–Crippen MR) is 71.4 cm³/mol. The number of hydrogen-bond donors (Lipinski definition) is 1. The van der Waals surface area contributed by atoms with Crippen molar-refractivity contribution in [3.8, 4) is 0 Å². The van der Waals surface area contributed by atoms with Crippen molar-refractivity contribution in [3.05, 3.63) is 35.4 Å². The van der Waals surface area contributed by atoms with Crippen molar-refractivity contribution in [1.82, 2.24) is 0 Å². The zero-order valence-corrected chi connectivity index (χ0v) is 10.7. The summed E-state index contributed by atoms with van der Waals surface area (Å²) in [6, 6.07) is 7.53. The van der Waals surface area contributed by atoms with Gasteiger partial charge in [0, 0.05) is 0 Å². The van der Waals surface area contributed by atoms with Crippen LogP contribution in [0.25, 0.3) is 0 Å². The lowest BCUT2D eigenvalue weighted by atomic mass is 10.1. The quantitative estimate of drug-likeness (QED) is 0.813. The molecule has 1 aromatic carbocycles. The average molecular weight is 247 g/mol. The molecule has 0 aromatic heterocycles. The first kappa shape index (κ1) is 13.1. The minimum Gasteiger partial charge on any atom is -0.462 e. The Balaban J connectivity index is 1.83. The molecule has 0 unspecified atom stereocenters. The van der Waals surface area contributed by atoms with Crippen LogP contribution >= 0.6 is 0 Å². The largest absolute Gasteiger partial charge is 0.462 e. The number of carbonyl (C=O) groups excluding carboxylic acids is 1. The lowest BCUT2D eigenvalue weighted by Crippen LogP contribution is -2.12. The molecule has 0 heterocycles. The molecule has 0 atom stereocenters. The van der Waals surface area contributed by atoms with Gasteiger partial charge in [-0.1, -0.05) is 25.0 Å². The zero-order valence-electron chi connectivity index (χ0n) is 10.7. The first-order chi connectivity index (χ1) is 8.79. The van der Waals surface area contributed by atoms with E-state index in [1.165, 1.54) is 25.7 Å². The molecule has 1 aromatic rings. The van der Waals surface area contributed by atoms with Crippen LogP contribution in [-0.2, 0) is 11.2 Å². The molecule has 1 saturated carbocycles.